The summed E-state index contributed by atoms with van der Waals surface area (Å²) in [5, 5.41) is 0. The van der Waals surface area contributed by atoms with Crippen LogP contribution in [0.15, 0.2) is 18.2 Å². The standard InChI is InChI=1S/C15H22FNOS/c1-2-3-4-5-6-7-10-18-14-9-8-12(15(17)19)11-13(14)16/h8-9,11H,2-7,10H2,1H3,(H2,17,19). The third kappa shape index (κ3) is 6.01. The molecule has 2 nitrogen and oxygen atoms in total. The summed E-state index contributed by atoms with van der Waals surface area (Å²) in [7, 11) is 0. The summed E-state index contributed by atoms with van der Waals surface area (Å²) in [6.45, 7) is 2.75. The summed E-state index contributed by atoms with van der Waals surface area (Å²) in [5.74, 6) is -0.134. The molecule has 0 spiro atoms. The maximum absolute atomic E-state index is 13.6. The van der Waals surface area contributed by atoms with Gasteiger partial charge >= 0.3 is 0 Å². The van der Waals surface area contributed by atoms with Crippen LogP contribution in [-0.2, 0) is 0 Å². The molecule has 0 aliphatic rings. The number of rotatable bonds is 9. The number of halogens is 1. The summed E-state index contributed by atoms with van der Waals surface area (Å²) in [5.41, 5.74) is 5.96. The van der Waals surface area contributed by atoms with Crippen molar-refractivity contribution in [3.05, 3.63) is 29.6 Å². The molecule has 4 heteroatoms. The molecule has 0 aliphatic heterocycles. The Kier molecular flexibility index (Phi) is 7.41. The summed E-state index contributed by atoms with van der Waals surface area (Å²) in [6.07, 6.45) is 7.12. The topological polar surface area (TPSA) is 35.2 Å². The molecule has 1 aromatic carbocycles. The molecule has 0 unspecified atom stereocenters. The van der Waals surface area contributed by atoms with Gasteiger partial charge in [-0.1, -0.05) is 51.2 Å². The lowest BCUT2D eigenvalue weighted by Crippen LogP contribution is -2.10. The number of hydrogen-bond donors (Lipinski definition) is 1. The van der Waals surface area contributed by atoms with Crippen molar-refractivity contribution in [2.75, 3.05) is 6.61 Å². The average Bonchev–Trinajstić information content (AvgIpc) is 2.39. The highest BCUT2D eigenvalue weighted by Gasteiger charge is 2.06. The van der Waals surface area contributed by atoms with Gasteiger partial charge in [-0.25, -0.2) is 4.39 Å². The van der Waals surface area contributed by atoms with Crippen molar-refractivity contribution in [3.63, 3.8) is 0 Å². The number of thiocarbonyl (C=S) groups is 1. The van der Waals surface area contributed by atoms with E-state index in [9.17, 15) is 4.39 Å². The van der Waals surface area contributed by atoms with Gasteiger partial charge in [0, 0.05) is 5.56 Å². The van der Waals surface area contributed by atoms with Crippen LogP contribution < -0.4 is 10.5 Å². The normalized spacial score (nSPS) is 10.4. The maximum Gasteiger partial charge on any atom is 0.165 e. The molecule has 0 aromatic heterocycles. The molecule has 0 atom stereocenters. The van der Waals surface area contributed by atoms with Crippen molar-refractivity contribution in [2.24, 2.45) is 5.73 Å². The molecule has 0 saturated carbocycles. The zero-order valence-electron chi connectivity index (χ0n) is 11.5. The van der Waals surface area contributed by atoms with E-state index < -0.39 is 5.82 Å². The highest BCUT2D eigenvalue weighted by atomic mass is 32.1. The van der Waals surface area contributed by atoms with Crippen LogP contribution >= 0.6 is 12.2 Å². The lowest BCUT2D eigenvalue weighted by molar-refractivity contribution is 0.290. The molecule has 1 aromatic rings. The zero-order chi connectivity index (χ0) is 14.1. The molecule has 1 rings (SSSR count). The fraction of sp³-hybridized carbons (Fsp3) is 0.533. The van der Waals surface area contributed by atoms with E-state index in [0.717, 1.165) is 12.8 Å². The van der Waals surface area contributed by atoms with Crippen LogP contribution in [0.4, 0.5) is 4.39 Å². The van der Waals surface area contributed by atoms with E-state index in [0.29, 0.717) is 12.2 Å². The SMILES string of the molecule is CCCCCCCCOc1ccc(C(N)=S)cc1F. The monoisotopic (exact) mass is 283 g/mol. The van der Waals surface area contributed by atoms with Crippen molar-refractivity contribution >= 4 is 17.2 Å². The van der Waals surface area contributed by atoms with Gasteiger partial charge < -0.3 is 10.5 Å². The highest BCUT2D eigenvalue weighted by Crippen LogP contribution is 2.19. The van der Waals surface area contributed by atoms with Gasteiger partial charge in [0.05, 0.1) is 6.61 Å². The van der Waals surface area contributed by atoms with Crippen LogP contribution in [0, 0.1) is 5.82 Å². The third-order valence-corrected chi connectivity index (χ3v) is 3.21. The summed E-state index contributed by atoms with van der Waals surface area (Å²) >= 11 is 4.79. The lowest BCUT2D eigenvalue weighted by Gasteiger charge is -2.08. The minimum atomic E-state index is -0.406. The molecule has 0 aliphatic carbocycles. The second kappa shape index (κ2) is 8.86. The Morgan fingerprint density at radius 3 is 2.53 bits per heavy atom. The van der Waals surface area contributed by atoms with Gasteiger partial charge in [0.25, 0.3) is 0 Å². The molecule has 0 radical (unpaired) electrons. The van der Waals surface area contributed by atoms with Gasteiger partial charge in [0.15, 0.2) is 11.6 Å². The third-order valence-electron chi connectivity index (χ3n) is 2.97. The van der Waals surface area contributed by atoms with Crippen molar-refractivity contribution < 1.29 is 9.13 Å². The first-order chi connectivity index (χ1) is 9.15. The number of hydrogen-bond acceptors (Lipinski definition) is 2. The molecular formula is C15H22FNOS. The van der Waals surface area contributed by atoms with Crippen LogP contribution in [0.25, 0.3) is 0 Å². The molecule has 2 N–H and O–H groups in total. The summed E-state index contributed by atoms with van der Waals surface area (Å²) < 4.78 is 19.1. The van der Waals surface area contributed by atoms with E-state index in [1.165, 1.54) is 31.7 Å². The molecule has 0 saturated heterocycles. The smallest absolute Gasteiger partial charge is 0.165 e. The number of nitrogens with two attached hydrogens (primary N) is 1. The van der Waals surface area contributed by atoms with Gasteiger partial charge in [-0.15, -0.1) is 0 Å². The number of unbranched alkanes of at least 4 members (excludes halogenated alkanes) is 5. The molecular weight excluding hydrogens is 261 g/mol. The second-order valence-corrected chi connectivity index (χ2v) is 5.07. The van der Waals surface area contributed by atoms with E-state index in [2.05, 4.69) is 6.92 Å². The largest absolute Gasteiger partial charge is 0.491 e. The van der Waals surface area contributed by atoms with E-state index in [4.69, 9.17) is 22.7 Å². The average molecular weight is 283 g/mol. The predicted molar refractivity (Wildman–Crippen MR) is 81.2 cm³/mol. The highest BCUT2D eigenvalue weighted by molar-refractivity contribution is 7.80. The van der Waals surface area contributed by atoms with E-state index >= 15 is 0 Å². The van der Waals surface area contributed by atoms with Crippen LogP contribution in [0.5, 0.6) is 5.75 Å². The molecule has 0 amide bonds. The van der Waals surface area contributed by atoms with E-state index in [1.54, 1.807) is 12.1 Å². The first-order valence-corrected chi connectivity index (χ1v) is 7.28. The van der Waals surface area contributed by atoms with Crippen molar-refractivity contribution in [1.82, 2.24) is 0 Å². The van der Waals surface area contributed by atoms with Crippen molar-refractivity contribution in [2.45, 2.75) is 45.4 Å². The first-order valence-electron chi connectivity index (χ1n) is 6.87. The Labute approximate surface area is 120 Å². The number of benzene rings is 1. The fourth-order valence-electron chi connectivity index (χ4n) is 1.84. The Morgan fingerprint density at radius 2 is 1.89 bits per heavy atom. The number of ether oxygens (including phenoxy) is 1. The second-order valence-electron chi connectivity index (χ2n) is 4.63. The van der Waals surface area contributed by atoms with Crippen molar-refractivity contribution in [1.29, 1.82) is 0 Å². The van der Waals surface area contributed by atoms with Gasteiger partial charge in [-0.3, -0.25) is 0 Å². The quantitative estimate of drug-likeness (QED) is 0.545. The Balaban J connectivity index is 2.28. The first kappa shape index (κ1) is 15.9. The van der Waals surface area contributed by atoms with Gasteiger partial charge in [0.1, 0.15) is 4.99 Å². The van der Waals surface area contributed by atoms with E-state index in [-0.39, 0.29) is 10.7 Å². The molecule has 0 bridgehead atoms. The van der Waals surface area contributed by atoms with Crippen LogP contribution in [0.2, 0.25) is 0 Å². The zero-order valence-corrected chi connectivity index (χ0v) is 12.3. The minimum absolute atomic E-state index is 0.196. The Morgan fingerprint density at radius 1 is 1.21 bits per heavy atom. The van der Waals surface area contributed by atoms with Crippen LogP contribution in [0.3, 0.4) is 0 Å². The van der Waals surface area contributed by atoms with Gasteiger partial charge in [0.2, 0.25) is 0 Å². The minimum Gasteiger partial charge on any atom is -0.491 e. The molecule has 0 heterocycles. The maximum atomic E-state index is 13.6. The lowest BCUT2D eigenvalue weighted by atomic mass is 10.1. The predicted octanol–water partition coefficient (Wildman–Crippen LogP) is 4.20. The molecule has 19 heavy (non-hydrogen) atoms. The Hall–Kier alpha value is -1.16. The van der Waals surface area contributed by atoms with Crippen LogP contribution in [0.1, 0.15) is 51.0 Å². The van der Waals surface area contributed by atoms with Gasteiger partial charge in [-0.05, 0) is 24.6 Å². The fourth-order valence-corrected chi connectivity index (χ4v) is 1.96. The molecule has 0 fully saturated rings. The van der Waals surface area contributed by atoms with Crippen molar-refractivity contribution in [3.8, 4) is 5.75 Å². The Bertz CT molecular complexity index is 409. The summed E-state index contributed by atoms with van der Waals surface area (Å²) in [6, 6.07) is 4.59. The molecule has 106 valence electrons. The van der Waals surface area contributed by atoms with Gasteiger partial charge in [-0.2, -0.15) is 0 Å². The summed E-state index contributed by atoms with van der Waals surface area (Å²) in [4.78, 5) is 0.196. The van der Waals surface area contributed by atoms with Crippen LogP contribution in [-0.4, -0.2) is 11.6 Å². The van der Waals surface area contributed by atoms with E-state index in [1.807, 2.05) is 0 Å².